The van der Waals surface area contributed by atoms with Crippen LogP contribution in [-0.4, -0.2) is 51.5 Å². The number of anilines is 1. The molecule has 3 aromatic rings. The van der Waals surface area contributed by atoms with Crippen LogP contribution < -0.4 is 16.4 Å². The van der Waals surface area contributed by atoms with Crippen LogP contribution in [0.4, 0.5) is 5.69 Å². The van der Waals surface area contributed by atoms with Crippen molar-refractivity contribution in [2.24, 2.45) is 11.7 Å². The van der Waals surface area contributed by atoms with E-state index < -0.39 is 23.8 Å². The zero-order valence-electron chi connectivity index (χ0n) is 19.8. The van der Waals surface area contributed by atoms with Gasteiger partial charge in [0.05, 0.1) is 18.2 Å². The predicted octanol–water partition coefficient (Wildman–Crippen LogP) is 2.73. The average Bonchev–Trinajstić information content (AvgIpc) is 2.86. The Kier molecular flexibility index (Phi) is 8.13. The van der Waals surface area contributed by atoms with Gasteiger partial charge in [0.15, 0.2) is 0 Å². The largest absolute Gasteiger partial charge is 0.478 e. The Morgan fingerprint density at radius 2 is 1.67 bits per heavy atom. The standard InChI is InChI=1S/C26H27N5O5/c1-14(2)21(13-32)31-24(33)16-7-10-18(20(12-16)26(35)36)19-4-3-11-29-22(19)25(34)30-17-8-5-15(6-9-17)23(27)28/h3-12,14,21,32H,13H2,1-2H3,(H3,27,28)(H,30,34)(H,31,33)(H,35,36). The van der Waals surface area contributed by atoms with E-state index in [0.717, 1.165) is 0 Å². The molecule has 0 aliphatic heterocycles. The molecular weight excluding hydrogens is 462 g/mol. The quantitative estimate of drug-likeness (QED) is 0.197. The van der Waals surface area contributed by atoms with E-state index in [-0.39, 0.29) is 46.3 Å². The number of aromatic carboxylic acids is 1. The molecule has 0 fully saturated rings. The topological polar surface area (TPSA) is 178 Å². The normalized spacial score (nSPS) is 11.6. The first kappa shape index (κ1) is 26.0. The summed E-state index contributed by atoms with van der Waals surface area (Å²) < 4.78 is 0. The van der Waals surface area contributed by atoms with Gasteiger partial charge >= 0.3 is 5.97 Å². The Morgan fingerprint density at radius 1 is 1.00 bits per heavy atom. The monoisotopic (exact) mass is 489 g/mol. The molecule has 1 unspecified atom stereocenters. The van der Waals surface area contributed by atoms with Crippen molar-refractivity contribution in [3.05, 3.63) is 83.2 Å². The highest BCUT2D eigenvalue weighted by Gasteiger charge is 2.22. The maximum Gasteiger partial charge on any atom is 0.336 e. The summed E-state index contributed by atoms with van der Waals surface area (Å²) in [4.78, 5) is 42.0. The Labute approximate surface area is 207 Å². The highest BCUT2D eigenvalue weighted by Crippen LogP contribution is 2.28. The molecule has 10 nitrogen and oxygen atoms in total. The van der Waals surface area contributed by atoms with Gasteiger partial charge in [-0.15, -0.1) is 0 Å². The van der Waals surface area contributed by atoms with Crippen LogP contribution in [0.25, 0.3) is 11.1 Å². The second-order valence-electron chi connectivity index (χ2n) is 8.42. The van der Waals surface area contributed by atoms with E-state index in [1.54, 1.807) is 36.4 Å². The van der Waals surface area contributed by atoms with E-state index in [0.29, 0.717) is 11.3 Å². The van der Waals surface area contributed by atoms with Gasteiger partial charge in [-0.05, 0) is 53.9 Å². The number of nitrogens with zero attached hydrogens (tertiary/aromatic N) is 1. The summed E-state index contributed by atoms with van der Waals surface area (Å²) in [5.41, 5.74) is 6.80. The van der Waals surface area contributed by atoms with Crippen LogP contribution in [0.1, 0.15) is 50.6 Å². The van der Waals surface area contributed by atoms with Crippen molar-refractivity contribution in [3.63, 3.8) is 0 Å². The van der Waals surface area contributed by atoms with Crippen molar-refractivity contribution in [1.29, 1.82) is 5.41 Å². The lowest BCUT2D eigenvalue weighted by Gasteiger charge is -2.20. The van der Waals surface area contributed by atoms with E-state index in [1.807, 2.05) is 13.8 Å². The van der Waals surface area contributed by atoms with Gasteiger partial charge in [0.2, 0.25) is 0 Å². The van der Waals surface area contributed by atoms with E-state index in [9.17, 15) is 24.6 Å². The number of aliphatic hydroxyl groups is 1. The third-order valence-corrected chi connectivity index (χ3v) is 5.60. The zero-order chi connectivity index (χ0) is 26.4. The highest BCUT2D eigenvalue weighted by atomic mass is 16.4. The van der Waals surface area contributed by atoms with Crippen LogP contribution in [0.2, 0.25) is 0 Å². The summed E-state index contributed by atoms with van der Waals surface area (Å²) in [6.45, 7) is 3.44. The van der Waals surface area contributed by atoms with Crippen molar-refractivity contribution in [2.75, 3.05) is 11.9 Å². The van der Waals surface area contributed by atoms with Gasteiger partial charge in [0.1, 0.15) is 11.5 Å². The average molecular weight is 490 g/mol. The maximum atomic E-state index is 13.0. The second-order valence-corrected chi connectivity index (χ2v) is 8.42. The first-order chi connectivity index (χ1) is 17.1. The van der Waals surface area contributed by atoms with Gasteiger partial charge in [0, 0.05) is 28.6 Å². The summed E-state index contributed by atoms with van der Waals surface area (Å²) in [6, 6.07) is 13.2. The van der Waals surface area contributed by atoms with Gasteiger partial charge in [-0.1, -0.05) is 26.0 Å². The fraction of sp³-hybridized carbons (Fsp3) is 0.192. The Balaban J connectivity index is 1.95. The molecule has 7 N–H and O–H groups in total. The molecule has 36 heavy (non-hydrogen) atoms. The summed E-state index contributed by atoms with van der Waals surface area (Å²) in [7, 11) is 0. The smallest absolute Gasteiger partial charge is 0.336 e. The van der Waals surface area contributed by atoms with Gasteiger partial charge in [-0.2, -0.15) is 0 Å². The minimum atomic E-state index is -1.28. The van der Waals surface area contributed by atoms with Gasteiger partial charge < -0.3 is 26.6 Å². The number of nitrogens with two attached hydrogens (primary N) is 1. The second kappa shape index (κ2) is 11.2. The van der Waals surface area contributed by atoms with Crippen molar-refractivity contribution in [3.8, 4) is 11.1 Å². The summed E-state index contributed by atoms with van der Waals surface area (Å²) in [5.74, 6) is -2.49. The third kappa shape index (κ3) is 5.91. The molecule has 0 saturated heterocycles. The number of aliphatic hydroxyl groups excluding tert-OH is 1. The van der Waals surface area contributed by atoms with Crippen LogP contribution in [0.15, 0.2) is 60.8 Å². The zero-order valence-corrected chi connectivity index (χ0v) is 19.8. The number of rotatable bonds is 9. The molecule has 0 bridgehead atoms. The minimum Gasteiger partial charge on any atom is -0.478 e. The number of carbonyl (C=O) groups excluding carboxylic acids is 2. The third-order valence-electron chi connectivity index (χ3n) is 5.60. The molecule has 1 atom stereocenters. The van der Waals surface area contributed by atoms with Crippen LogP contribution >= 0.6 is 0 Å². The molecule has 3 rings (SSSR count). The summed E-state index contributed by atoms with van der Waals surface area (Å²) >= 11 is 0. The van der Waals surface area contributed by atoms with Crippen molar-refractivity contribution in [2.45, 2.75) is 19.9 Å². The summed E-state index contributed by atoms with van der Waals surface area (Å²) in [5, 5.41) is 32.2. The number of nitrogen functional groups attached to an aromatic ring is 1. The number of carbonyl (C=O) groups is 3. The number of hydrogen-bond acceptors (Lipinski definition) is 6. The molecule has 0 aliphatic rings. The number of carboxylic acid groups (broad SMARTS) is 1. The predicted molar refractivity (Wildman–Crippen MR) is 135 cm³/mol. The molecule has 1 heterocycles. The number of nitrogens with one attached hydrogen (secondary N) is 3. The first-order valence-corrected chi connectivity index (χ1v) is 11.1. The van der Waals surface area contributed by atoms with E-state index in [2.05, 4.69) is 15.6 Å². The lowest BCUT2D eigenvalue weighted by atomic mass is 9.95. The molecule has 2 aromatic carbocycles. The molecule has 0 saturated carbocycles. The number of benzene rings is 2. The lowest BCUT2D eigenvalue weighted by molar-refractivity contribution is 0.0697. The van der Waals surface area contributed by atoms with Crippen LogP contribution in [0.5, 0.6) is 0 Å². The van der Waals surface area contributed by atoms with Crippen molar-refractivity contribution < 1.29 is 24.6 Å². The Bertz CT molecular complexity index is 1300. The number of carboxylic acids is 1. The Morgan fingerprint density at radius 3 is 2.25 bits per heavy atom. The molecule has 186 valence electrons. The minimum absolute atomic E-state index is 0.00648. The Hall–Kier alpha value is -4.57. The fourth-order valence-electron chi connectivity index (χ4n) is 3.50. The van der Waals surface area contributed by atoms with Crippen molar-refractivity contribution >= 4 is 29.3 Å². The molecule has 0 aliphatic carbocycles. The lowest BCUT2D eigenvalue weighted by Crippen LogP contribution is -2.41. The number of pyridine rings is 1. The molecule has 0 radical (unpaired) electrons. The maximum absolute atomic E-state index is 13.0. The van der Waals surface area contributed by atoms with E-state index in [1.165, 1.54) is 24.4 Å². The van der Waals surface area contributed by atoms with E-state index >= 15 is 0 Å². The van der Waals surface area contributed by atoms with Crippen LogP contribution in [-0.2, 0) is 0 Å². The molecule has 1 aromatic heterocycles. The van der Waals surface area contributed by atoms with Gasteiger partial charge in [-0.25, -0.2) is 4.79 Å². The van der Waals surface area contributed by atoms with Crippen molar-refractivity contribution in [1.82, 2.24) is 10.3 Å². The molecular formula is C26H27N5O5. The number of amides is 2. The van der Waals surface area contributed by atoms with Crippen LogP contribution in [0, 0.1) is 11.3 Å². The SMILES string of the molecule is CC(C)C(CO)NC(=O)c1ccc(-c2cccnc2C(=O)Nc2ccc(C(=N)N)cc2)c(C(=O)O)c1. The molecule has 2 amide bonds. The van der Waals surface area contributed by atoms with Crippen LogP contribution in [0.3, 0.4) is 0 Å². The first-order valence-electron chi connectivity index (χ1n) is 11.1. The number of aromatic nitrogens is 1. The highest BCUT2D eigenvalue weighted by molar-refractivity contribution is 6.09. The fourth-order valence-corrected chi connectivity index (χ4v) is 3.50. The van der Waals surface area contributed by atoms with E-state index in [4.69, 9.17) is 11.1 Å². The number of amidine groups is 1. The van der Waals surface area contributed by atoms with Gasteiger partial charge in [0.25, 0.3) is 11.8 Å². The summed E-state index contributed by atoms with van der Waals surface area (Å²) in [6.07, 6.45) is 1.42. The molecule has 0 spiro atoms. The molecule has 10 heteroatoms. The number of hydrogen-bond donors (Lipinski definition) is 6. The van der Waals surface area contributed by atoms with Gasteiger partial charge in [-0.3, -0.25) is 20.0 Å².